The normalized spacial score (nSPS) is 25.1. The second-order valence-corrected chi connectivity index (χ2v) is 12.7. The lowest BCUT2D eigenvalue weighted by Gasteiger charge is -2.49. The number of unbranched alkanes of at least 4 members (excludes halogenated alkanes) is 1. The van der Waals surface area contributed by atoms with Gasteiger partial charge in [0.1, 0.15) is 0 Å². The highest BCUT2D eigenvalue weighted by atomic mass is 35.5. The summed E-state index contributed by atoms with van der Waals surface area (Å²) in [5.74, 6) is 2.51. The van der Waals surface area contributed by atoms with Crippen molar-refractivity contribution in [3.05, 3.63) is 0 Å². The largest absolute Gasteiger partial charge is 0.412 e. The summed E-state index contributed by atoms with van der Waals surface area (Å²) in [4.78, 5) is 5.26. The number of nitrogens with one attached hydrogen (secondary N) is 1. The highest BCUT2D eigenvalue weighted by Crippen LogP contribution is 2.45. The average Bonchev–Trinajstić information content (AvgIpc) is 3.28. The lowest BCUT2D eigenvalue weighted by Crippen LogP contribution is -2.53. The van der Waals surface area contributed by atoms with Crippen LogP contribution in [0.4, 0.5) is 0 Å². The summed E-state index contributed by atoms with van der Waals surface area (Å²) in [5, 5.41) is 4.13. The first-order chi connectivity index (χ1) is 15.8. The molecule has 244 valence electrons. The number of piperidine rings is 1. The Morgan fingerprint density at radius 3 is 1.90 bits per heavy atom. The summed E-state index contributed by atoms with van der Waals surface area (Å²) < 4.78 is 0. The van der Waals surface area contributed by atoms with Gasteiger partial charge in [-0.25, -0.2) is 0 Å². The molecule has 3 fully saturated rings. The van der Waals surface area contributed by atoms with Gasteiger partial charge in [-0.2, -0.15) is 0 Å². The van der Waals surface area contributed by atoms with E-state index in [0.717, 1.165) is 24.9 Å². The SMILES string of the molecule is C.CCN[C@@H](CN1CCC(C2CCC(Cl)CC2)C(C)(C)C1)C(C)C.NCCCCN1CCCC1.O.O.O.O.O. The van der Waals surface area contributed by atoms with E-state index < -0.39 is 0 Å². The molecule has 0 aromatic carbocycles. The standard InChI is InChI=1S/C20H39ClN2.C8H18N2.CH4.5H2O/c1-6-22-19(15(2)3)13-23-12-11-18(20(4,5)14-23)16-7-9-17(21)10-8-16;9-5-1-2-6-10-7-3-4-8-10;;;;;;/h15-19,22H,6-14H2,1-5H3;1-9H2;1H4;5*1H2/t16?,17?,18?,19-;;;;;;;/m0......./s1. The van der Waals surface area contributed by atoms with Crippen LogP contribution in [0.5, 0.6) is 0 Å². The summed E-state index contributed by atoms with van der Waals surface area (Å²) in [6.45, 7) is 21.5. The molecule has 13 N–H and O–H groups in total. The molecule has 9 nitrogen and oxygen atoms in total. The number of nitrogens with two attached hydrogens (primary N) is 1. The molecule has 3 rings (SSSR count). The van der Waals surface area contributed by atoms with Crippen molar-refractivity contribution in [2.24, 2.45) is 28.9 Å². The molecule has 1 unspecified atom stereocenters. The van der Waals surface area contributed by atoms with Gasteiger partial charge in [0, 0.05) is 24.5 Å². The average molecular weight is 591 g/mol. The van der Waals surface area contributed by atoms with Crippen molar-refractivity contribution >= 4 is 11.6 Å². The van der Waals surface area contributed by atoms with Gasteiger partial charge in [0.15, 0.2) is 0 Å². The van der Waals surface area contributed by atoms with Crippen molar-refractivity contribution in [2.75, 3.05) is 52.4 Å². The van der Waals surface area contributed by atoms with E-state index in [4.69, 9.17) is 17.3 Å². The van der Waals surface area contributed by atoms with Crippen molar-refractivity contribution < 1.29 is 27.4 Å². The summed E-state index contributed by atoms with van der Waals surface area (Å²) >= 11 is 6.32. The highest BCUT2D eigenvalue weighted by Gasteiger charge is 2.41. The zero-order chi connectivity index (χ0) is 24.3. The Balaban J connectivity index is -0.000000209. The Labute approximate surface area is 246 Å². The summed E-state index contributed by atoms with van der Waals surface area (Å²) in [7, 11) is 0. The second kappa shape index (κ2) is 25.6. The Bertz CT molecular complexity index is 520. The monoisotopic (exact) mass is 591 g/mol. The molecular formula is C29H71ClN4O5. The van der Waals surface area contributed by atoms with Crippen molar-refractivity contribution in [1.29, 1.82) is 0 Å². The third-order valence-corrected chi connectivity index (χ3v) is 8.95. The fraction of sp³-hybridized carbons (Fsp3) is 1.00. The van der Waals surface area contributed by atoms with Gasteiger partial charge < -0.3 is 48.2 Å². The van der Waals surface area contributed by atoms with Gasteiger partial charge in [0.05, 0.1) is 0 Å². The summed E-state index contributed by atoms with van der Waals surface area (Å²) in [6, 6.07) is 0.624. The minimum Gasteiger partial charge on any atom is -0.412 e. The first-order valence-electron chi connectivity index (χ1n) is 14.3. The highest BCUT2D eigenvalue weighted by molar-refractivity contribution is 6.20. The van der Waals surface area contributed by atoms with Crippen LogP contribution in [0.2, 0.25) is 0 Å². The van der Waals surface area contributed by atoms with Crippen LogP contribution in [-0.4, -0.2) is 101 Å². The van der Waals surface area contributed by atoms with E-state index in [1.165, 1.54) is 97.1 Å². The quantitative estimate of drug-likeness (QED) is 0.289. The Morgan fingerprint density at radius 1 is 0.872 bits per heavy atom. The molecule has 1 aliphatic carbocycles. The first kappa shape index (κ1) is 48.6. The topological polar surface area (TPSA) is 202 Å². The van der Waals surface area contributed by atoms with E-state index in [1.54, 1.807) is 0 Å². The molecule has 0 radical (unpaired) electrons. The fourth-order valence-electron chi connectivity index (χ4n) is 6.53. The minimum absolute atomic E-state index is 0. The smallest absolute Gasteiger partial charge is 0.0336 e. The molecule has 2 heterocycles. The van der Waals surface area contributed by atoms with Gasteiger partial charge in [0.2, 0.25) is 0 Å². The van der Waals surface area contributed by atoms with Crippen molar-refractivity contribution in [3.63, 3.8) is 0 Å². The first-order valence-corrected chi connectivity index (χ1v) is 14.7. The number of halogens is 1. The third kappa shape index (κ3) is 17.5. The number of alkyl halides is 1. The molecule has 1 saturated carbocycles. The van der Waals surface area contributed by atoms with E-state index in [1.807, 2.05) is 0 Å². The maximum absolute atomic E-state index is 6.32. The van der Waals surface area contributed by atoms with Gasteiger partial charge in [-0.3, -0.25) is 0 Å². The number of hydrogen-bond acceptors (Lipinski definition) is 4. The van der Waals surface area contributed by atoms with Crippen LogP contribution in [0.1, 0.15) is 99.8 Å². The van der Waals surface area contributed by atoms with Gasteiger partial charge in [-0.05, 0) is 120 Å². The van der Waals surface area contributed by atoms with E-state index >= 15 is 0 Å². The second-order valence-electron chi connectivity index (χ2n) is 12.1. The number of nitrogens with zero attached hydrogens (tertiary/aromatic N) is 2. The fourth-order valence-corrected chi connectivity index (χ4v) is 6.78. The number of hydrogen-bond donors (Lipinski definition) is 2. The van der Waals surface area contributed by atoms with E-state index in [-0.39, 0.29) is 34.8 Å². The summed E-state index contributed by atoms with van der Waals surface area (Å²) in [5.41, 5.74) is 5.84. The van der Waals surface area contributed by atoms with Crippen LogP contribution in [0, 0.1) is 23.2 Å². The maximum Gasteiger partial charge on any atom is 0.0336 e. The lowest BCUT2D eigenvalue weighted by atomic mass is 9.64. The third-order valence-electron chi connectivity index (χ3n) is 8.51. The lowest BCUT2D eigenvalue weighted by molar-refractivity contribution is 0.00495. The Morgan fingerprint density at radius 2 is 1.44 bits per heavy atom. The predicted molar refractivity (Wildman–Crippen MR) is 171 cm³/mol. The zero-order valence-electron chi connectivity index (χ0n) is 25.3. The summed E-state index contributed by atoms with van der Waals surface area (Å²) in [6.07, 6.45) is 11.8. The molecule has 39 heavy (non-hydrogen) atoms. The van der Waals surface area contributed by atoms with Crippen LogP contribution in [0.15, 0.2) is 0 Å². The molecule has 10 heteroatoms. The maximum atomic E-state index is 6.32. The number of rotatable bonds is 10. The van der Waals surface area contributed by atoms with Crippen molar-refractivity contribution in [3.8, 4) is 0 Å². The molecule has 2 atom stereocenters. The van der Waals surface area contributed by atoms with Crippen LogP contribution in [0.3, 0.4) is 0 Å². The van der Waals surface area contributed by atoms with Crippen LogP contribution >= 0.6 is 11.6 Å². The molecule has 0 aromatic heterocycles. The Kier molecular flexibility index (Phi) is 32.0. The molecule has 0 amide bonds. The molecule has 0 bridgehead atoms. The van der Waals surface area contributed by atoms with Crippen LogP contribution < -0.4 is 11.1 Å². The van der Waals surface area contributed by atoms with Gasteiger partial charge in [-0.1, -0.05) is 42.0 Å². The Hall–Kier alpha value is -0.0700. The molecular weight excluding hydrogens is 520 g/mol. The van der Waals surface area contributed by atoms with Crippen molar-refractivity contribution in [2.45, 2.75) is 111 Å². The predicted octanol–water partition coefficient (Wildman–Crippen LogP) is 2.10. The van der Waals surface area contributed by atoms with Gasteiger partial charge in [-0.15, -0.1) is 11.6 Å². The molecule has 0 aromatic rings. The van der Waals surface area contributed by atoms with Gasteiger partial charge in [0.25, 0.3) is 0 Å². The number of likely N-dealkylation sites (tertiary alicyclic amines) is 2. The molecule has 2 aliphatic heterocycles. The van der Waals surface area contributed by atoms with E-state index in [2.05, 4.69) is 49.7 Å². The number of likely N-dealkylation sites (N-methyl/N-ethyl adjacent to an activating group) is 1. The van der Waals surface area contributed by atoms with Crippen molar-refractivity contribution in [1.82, 2.24) is 15.1 Å². The van der Waals surface area contributed by atoms with Crippen LogP contribution in [0.25, 0.3) is 0 Å². The van der Waals surface area contributed by atoms with E-state index in [0.29, 0.717) is 22.8 Å². The molecule has 0 spiro atoms. The zero-order valence-corrected chi connectivity index (χ0v) is 26.0. The van der Waals surface area contributed by atoms with Crippen LogP contribution in [-0.2, 0) is 0 Å². The van der Waals surface area contributed by atoms with E-state index in [9.17, 15) is 0 Å². The molecule has 2 saturated heterocycles. The molecule has 3 aliphatic rings. The van der Waals surface area contributed by atoms with Gasteiger partial charge >= 0.3 is 0 Å². The minimum atomic E-state index is 0.